The number of nitrogens with zero attached hydrogens (tertiary/aromatic N) is 4. The summed E-state index contributed by atoms with van der Waals surface area (Å²) in [6.07, 6.45) is 5.80. The quantitative estimate of drug-likeness (QED) is 0.723. The molecule has 1 aliphatic heterocycles. The predicted molar refractivity (Wildman–Crippen MR) is 82.7 cm³/mol. The second-order valence-corrected chi connectivity index (χ2v) is 6.09. The van der Waals surface area contributed by atoms with Gasteiger partial charge in [-0.05, 0) is 32.1 Å². The Morgan fingerprint density at radius 3 is 2.43 bits per heavy atom. The monoisotopic (exact) mass is 292 g/mol. The third-order valence-electron chi connectivity index (χ3n) is 4.40. The van der Waals surface area contributed by atoms with Crippen molar-refractivity contribution in [2.45, 2.75) is 32.1 Å². The SMILES string of the molecule is CNc1nc(NCC2(CO)CC2)nc(N2CCCCC2)n1. The first kappa shape index (κ1) is 14.3. The highest BCUT2D eigenvalue weighted by Crippen LogP contribution is 2.44. The van der Waals surface area contributed by atoms with Crippen LogP contribution < -0.4 is 15.5 Å². The Hall–Kier alpha value is -1.63. The Kier molecular flexibility index (Phi) is 4.10. The molecule has 7 nitrogen and oxygen atoms in total. The van der Waals surface area contributed by atoms with Crippen LogP contribution in [0.2, 0.25) is 0 Å². The summed E-state index contributed by atoms with van der Waals surface area (Å²) in [6.45, 7) is 2.96. The van der Waals surface area contributed by atoms with Gasteiger partial charge in [-0.2, -0.15) is 15.0 Å². The summed E-state index contributed by atoms with van der Waals surface area (Å²) in [4.78, 5) is 15.6. The Bertz CT molecular complexity index is 484. The highest BCUT2D eigenvalue weighted by atomic mass is 16.3. The van der Waals surface area contributed by atoms with Crippen molar-refractivity contribution in [2.24, 2.45) is 5.41 Å². The lowest BCUT2D eigenvalue weighted by molar-refractivity contribution is 0.219. The first-order valence-corrected chi connectivity index (χ1v) is 7.78. The zero-order valence-electron chi connectivity index (χ0n) is 12.6. The van der Waals surface area contributed by atoms with Crippen molar-refractivity contribution in [3.05, 3.63) is 0 Å². The van der Waals surface area contributed by atoms with E-state index in [2.05, 4.69) is 30.5 Å². The van der Waals surface area contributed by atoms with Crippen LogP contribution in [0.15, 0.2) is 0 Å². The summed E-state index contributed by atoms with van der Waals surface area (Å²) in [6, 6.07) is 0. The van der Waals surface area contributed by atoms with Crippen molar-refractivity contribution >= 4 is 17.8 Å². The van der Waals surface area contributed by atoms with Crippen molar-refractivity contribution in [1.82, 2.24) is 15.0 Å². The van der Waals surface area contributed by atoms with E-state index >= 15 is 0 Å². The molecule has 3 rings (SSSR count). The van der Waals surface area contributed by atoms with E-state index in [0.29, 0.717) is 11.9 Å². The second kappa shape index (κ2) is 6.01. The van der Waals surface area contributed by atoms with Crippen LogP contribution in [-0.2, 0) is 0 Å². The molecule has 1 saturated carbocycles. The van der Waals surface area contributed by atoms with E-state index in [-0.39, 0.29) is 12.0 Å². The third-order valence-corrected chi connectivity index (χ3v) is 4.40. The van der Waals surface area contributed by atoms with Crippen LogP contribution in [0, 0.1) is 5.41 Å². The fourth-order valence-corrected chi connectivity index (χ4v) is 2.63. The van der Waals surface area contributed by atoms with E-state index in [1.807, 2.05) is 7.05 Å². The predicted octanol–water partition coefficient (Wildman–Crippen LogP) is 1.09. The number of hydrogen-bond donors (Lipinski definition) is 3. The topological polar surface area (TPSA) is 86.2 Å². The average Bonchev–Trinajstić information content (AvgIpc) is 3.34. The Balaban J connectivity index is 1.73. The first-order chi connectivity index (χ1) is 10.2. The number of aliphatic hydroxyl groups is 1. The van der Waals surface area contributed by atoms with Crippen LogP contribution in [0.4, 0.5) is 17.8 Å². The molecule has 21 heavy (non-hydrogen) atoms. The number of piperidine rings is 1. The lowest BCUT2D eigenvalue weighted by atomic mass is 10.1. The van der Waals surface area contributed by atoms with E-state index in [4.69, 9.17) is 0 Å². The van der Waals surface area contributed by atoms with Crippen molar-refractivity contribution in [3.8, 4) is 0 Å². The molecule has 0 atom stereocenters. The Morgan fingerprint density at radius 2 is 1.81 bits per heavy atom. The normalized spacial score (nSPS) is 20.2. The summed E-state index contributed by atoms with van der Waals surface area (Å²) in [7, 11) is 1.81. The molecule has 116 valence electrons. The zero-order chi connectivity index (χ0) is 14.7. The molecule has 0 amide bonds. The maximum Gasteiger partial charge on any atom is 0.231 e. The molecule has 1 aliphatic carbocycles. The summed E-state index contributed by atoms with van der Waals surface area (Å²) in [5.74, 6) is 1.92. The molecule has 0 radical (unpaired) electrons. The van der Waals surface area contributed by atoms with Gasteiger partial charge in [0.25, 0.3) is 0 Å². The van der Waals surface area contributed by atoms with E-state index < -0.39 is 0 Å². The van der Waals surface area contributed by atoms with Crippen LogP contribution in [-0.4, -0.2) is 53.3 Å². The Labute approximate surface area is 125 Å². The smallest absolute Gasteiger partial charge is 0.231 e. The van der Waals surface area contributed by atoms with Gasteiger partial charge in [-0.1, -0.05) is 0 Å². The number of hydrogen-bond acceptors (Lipinski definition) is 7. The van der Waals surface area contributed by atoms with Gasteiger partial charge >= 0.3 is 0 Å². The fourth-order valence-electron chi connectivity index (χ4n) is 2.63. The van der Waals surface area contributed by atoms with E-state index in [9.17, 15) is 5.11 Å². The molecular formula is C14H24N6O. The maximum atomic E-state index is 9.38. The van der Waals surface area contributed by atoms with Crippen LogP contribution >= 0.6 is 0 Å². The lowest BCUT2D eigenvalue weighted by Crippen LogP contribution is -2.31. The molecule has 2 heterocycles. The van der Waals surface area contributed by atoms with Crippen molar-refractivity contribution < 1.29 is 5.11 Å². The van der Waals surface area contributed by atoms with Crippen molar-refractivity contribution in [2.75, 3.05) is 48.8 Å². The summed E-state index contributed by atoms with van der Waals surface area (Å²) < 4.78 is 0. The molecule has 0 bridgehead atoms. The zero-order valence-corrected chi connectivity index (χ0v) is 12.6. The van der Waals surface area contributed by atoms with Gasteiger partial charge in [0, 0.05) is 32.1 Å². The van der Waals surface area contributed by atoms with Crippen LogP contribution in [0.25, 0.3) is 0 Å². The van der Waals surface area contributed by atoms with Crippen LogP contribution in [0.1, 0.15) is 32.1 Å². The number of aromatic nitrogens is 3. The van der Waals surface area contributed by atoms with Crippen molar-refractivity contribution in [1.29, 1.82) is 0 Å². The first-order valence-electron chi connectivity index (χ1n) is 7.78. The standard InChI is InChI=1S/C14H24N6O/c1-15-11-17-12(16-9-14(10-21)5-6-14)19-13(18-11)20-7-3-2-4-8-20/h21H,2-10H2,1H3,(H2,15,16,17,18,19). The molecule has 2 aliphatic rings. The van der Waals surface area contributed by atoms with E-state index in [0.717, 1.165) is 38.4 Å². The largest absolute Gasteiger partial charge is 0.396 e. The van der Waals surface area contributed by atoms with Gasteiger partial charge in [-0.15, -0.1) is 0 Å². The summed E-state index contributed by atoms with van der Waals surface area (Å²) in [5.41, 5.74) is 0.0394. The molecule has 0 spiro atoms. The molecule has 1 aromatic heterocycles. The van der Waals surface area contributed by atoms with Crippen LogP contribution in [0.3, 0.4) is 0 Å². The third kappa shape index (κ3) is 3.34. The van der Waals surface area contributed by atoms with Gasteiger partial charge in [0.2, 0.25) is 17.8 Å². The average molecular weight is 292 g/mol. The Morgan fingerprint density at radius 1 is 1.10 bits per heavy atom. The minimum atomic E-state index is 0.0394. The van der Waals surface area contributed by atoms with Gasteiger partial charge in [-0.3, -0.25) is 0 Å². The van der Waals surface area contributed by atoms with Crippen LogP contribution in [0.5, 0.6) is 0 Å². The highest BCUT2D eigenvalue weighted by molar-refractivity contribution is 5.44. The molecule has 2 fully saturated rings. The number of nitrogens with one attached hydrogen (secondary N) is 2. The molecule has 7 heteroatoms. The fraction of sp³-hybridized carbons (Fsp3) is 0.786. The summed E-state index contributed by atoms with van der Waals surface area (Å²) >= 11 is 0. The molecule has 1 saturated heterocycles. The van der Waals surface area contributed by atoms with Gasteiger partial charge in [-0.25, -0.2) is 0 Å². The van der Waals surface area contributed by atoms with Gasteiger partial charge in [0.05, 0.1) is 6.61 Å². The highest BCUT2D eigenvalue weighted by Gasteiger charge is 2.41. The molecular weight excluding hydrogens is 268 g/mol. The lowest BCUT2D eigenvalue weighted by Gasteiger charge is -2.27. The minimum Gasteiger partial charge on any atom is -0.396 e. The van der Waals surface area contributed by atoms with Gasteiger partial charge < -0.3 is 20.6 Å². The van der Waals surface area contributed by atoms with E-state index in [1.54, 1.807) is 0 Å². The number of aliphatic hydroxyl groups excluding tert-OH is 1. The van der Waals surface area contributed by atoms with E-state index in [1.165, 1.54) is 19.3 Å². The maximum absolute atomic E-state index is 9.38. The number of anilines is 3. The molecule has 0 unspecified atom stereocenters. The summed E-state index contributed by atoms with van der Waals surface area (Å²) in [5, 5.41) is 15.6. The minimum absolute atomic E-state index is 0.0394. The van der Waals surface area contributed by atoms with Crippen molar-refractivity contribution in [3.63, 3.8) is 0 Å². The van der Waals surface area contributed by atoms with Gasteiger partial charge in [0.15, 0.2) is 0 Å². The molecule has 3 N–H and O–H groups in total. The number of rotatable bonds is 6. The molecule has 0 aromatic carbocycles. The second-order valence-electron chi connectivity index (χ2n) is 6.09. The molecule has 1 aromatic rings. The van der Waals surface area contributed by atoms with Gasteiger partial charge in [0.1, 0.15) is 0 Å².